The lowest BCUT2D eigenvalue weighted by Crippen LogP contribution is -2.51. The molecular weight excluding hydrogens is 741 g/mol. The van der Waals surface area contributed by atoms with E-state index in [0.717, 1.165) is 38.1 Å². The summed E-state index contributed by atoms with van der Waals surface area (Å²) in [7, 11) is -4.43. The van der Waals surface area contributed by atoms with Gasteiger partial charge in [0.2, 0.25) is 0 Å². The van der Waals surface area contributed by atoms with Gasteiger partial charge in [-0.2, -0.15) is 0 Å². The Morgan fingerprint density at radius 2 is 1.00 bits per heavy atom. The molecule has 0 aromatic heterocycles. The number of unbranched alkanes of at least 4 members (excludes halogenated alkanes) is 16. The monoisotopic (exact) mass is 835 g/mol. The third kappa shape index (κ3) is 29.8. The van der Waals surface area contributed by atoms with Gasteiger partial charge in [-0.25, -0.2) is 0 Å². The lowest BCUT2D eigenvalue weighted by atomic mass is 9.70. The molecule has 0 amide bonds. The van der Waals surface area contributed by atoms with Gasteiger partial charge in [0.25, 0.3) is 0 Å². The van der Waals surface area contributed by atoms with Gasteiger partial charge in [0.05, 0.1) is 37.1 Å². The van der Waals surface area contributed by atoms with Gasteiger partial charge < -0.3 is 22.4 Å². The molecule has 0 rings (SSSR count). The highest BCUT2D eigenvalue weighted by molar-refractivity contribution is 6.87. The van der Waals surface area contributed by atoms with Crippen molar-refractivity contribution < 1.29 is 36.8 Å². The third-order valence-corrected chi connectivity index (χ3v) is 20.1. The van der Waals surface area contributed by atoms with Gasteiger partial charge >= 0.3 is 26.5 Å². The molecule has 0 aliphatic rings. The molecule has 0 N–H and O–H groups in total. The summed E-state index contributed by atoms with van der Waals surface area (Å²) in [5, 5.41) is 0. The zero-order valence-electron chi connectivity index (χ0n) is 37.1. The van der Waals surface area contributed by atoms with Crippen molar-refractivity contribution in [2.45, 2.75) is 230 Å². The first-order valence-corrected chi connectivity index (χ1v) is 30.8. The largest absolute Gasteiger partial charge is 0.469 e. The lowest BCUT2D eigenvalue weighted by molar-refractivity contribution is -0.163. The van der Waals surface area contributed by atoms with E-state index in [9.17, 15) is 14.4 Å². The normalized spacial score (nSPS) is 13.9. The molecule has 0 bridgehead atoms. The minimum atomic E-state index is -2.19. The zero-order valence-corrected chi connectivity index (χ0v) is 40.1. The maximum absolute atomic E-state index is 13.2. The van der Waals surface area contributed by atoms with Gasteiger partial charge in [-0.05, 0) is 98.3 Å². The molecule has 0 spiro atoms. The Kier molecular flexibility index (Phi) is 31.9. The van der Waals surface area contributed by atoms with Crippen LogP contribution in [0, 0.1) is 16.7 Å². The van der Waals surface area contributed by atoms with E-state index in [1.54, 1.807) is 13.8 Å². The predicted octanol–water partition coefficient (Wildman–Crippen LogP) is 13.8. The minimum Gasteiger partial charge on any atom is -0.469 e. The fourth-order valence-electron chi connectivity index (χ4n) is 7.73. The number of ether oxygens (including phenoxy) is 3. The second kappa shape index (κ2) is 30.1. The number of hydrogen-bond donors (Lipinski definition) is 0. The predicted molar refractivity (Wildman–Crippen MR) is 242 cm³/mol. The van der Waals surface area contributed by atoms with Crippen molar-refractivity contribution >= 4 is 43.1 Å². The van der Waals surface area contributed by atoms with Crippen LogP contribution < -0.4 is 0 Å². The molecule has 0 aromatic rings. The van der Waals surface area contributed by atoms with Crippen molar-refractivity contribution in [3.8, 4) is 0 Å². The topological polar surface area (TPSA) is 97.4 Å². The van der Waals surface area contributed by atoms with Crippen LogP contribution in [0.5, 0.6) is 0 Å². The number of carbonyl (C=O) groups is 3. The van der Waals surface area contributed by atoms with Crippen LogP contribution in [0.3, 0.4) is 0 Å². The Morgan fingerprint density at radius 3 is 1.44 bits per heavy atom. The maximum atomic E-state index is 13.2. The smallest absolute Gasteiger partial charge is 0.311 e. The Morgan fingerprint density at radius 1 is 0.582 bits per heavy atom. The van der Waals surface area contributed by atoms with Gasteiger partial charge in [-0.15, -0.1) is 0 Å². The number of methoxy groups -OCH3 is 1. The van der Waals surface area contributed by atoms with Crippen molar-refractivity contribution in [1.82, 2.24) is 0 Å². The Bertz CT molecular complexity index is 1010. The maximum Gasteiger partial charge on any atom is 0.311 e. The summed E-state index contributed by atoms with van der Waals surface area (Å²) in [6.45, 7) is 25.5. The summed E-state index contributed by atoms with van der Waals surface area (Å²) in [6.07, 6.45) is 22.8. The third-order valence-electron chi connectivity index (χ3n) is 9.94. The Balaban J connectivity index is -0.0000135. The molecule has 55 heavy (non-hydrogen) atoms. The molecule has 0 saturated heterocycles. The van der Waals surface area contributed by atoms with Crippen LogP contribution in [0.25, 0.3) is 0 Å². The van der Waals surface area contributed by atoms with Gasteiger partial charge in [0, 0.05) is 0 Å². The molecule has 0 radical (unpaired) electrons. The van der Waals surface area contributed by atoms with E-state index in [-0.39, 0.29) is 39.6 Å². The fourth-order valence-corrected chi connectivity index (χ4v) is 21.0. The van der Waals surface area contributed by atoms with Crippen molar-refractivity contribution in [3.05, 3.63) is 0 Å². The number of carbonyl (C=O) groups excluding carboxylic acids is 3. The Labute approximate surface area is 345 Å². The molecule has 0 fully saturated rings. The number of esters is 3. The van der Waals surface area contributed by atoms with Crippen LogP contribution in [0.1, 0.15) is 178 Å². The summed E-state index contributed by atoms with van der Waals surface area (Å²) in [4.78, 5) is 39.2. The molecule has 0 heterocycles. The van der Waals surface area contributed by atoms with Gasteiger partial charge in [0.15, 0.2) is 16.6 Å². The Hall–Kier alpha value is -1.02. The number of rotatable bonds is 33. The SMILES string of the molecule is C.C.CCCCCCCCCCCCCCCCCCOC(=O)C(C)(C)CC(C)(CC(C)C(=O)OCCCC[Si](C)(C)O[Si](C)(C)O[Si](C)(C)C)C(=O)OC. The van der Waals surface area contributed by atoms with E-state index in [1.807, 2.05) is 13.8 Å². The average Bonchev–Trinajstić information content (AvgIpc) is 3.03. The van der Waals surface area contributed by atoms with Crippen LogP contribution in [0.4, 0.5) is 0 Å². The summed E-state index contributed by atoms with van der Waals surface area (Å²) in [6, 6.07) is 0.969. The van der Waals surface area contributed by atoms with E-state index in [2.05, 4.69) is 52.8 Å². The molecule has 8 nitrogen and oxygen atoms in total. The minimum absolute atomic E-state index is 0. The molecule has 2 unspecified atom stereocenters. The molecule has 2 atom stereocenters. The molecule has 330 valence electrons. The van der Waals surface area contributed by atoms with E-state index in [1.165, 1.54) is 90.6 Å². The molecule has 0 saturated carbocycles. The van der Waals surface area contributed by atoms with E-state index in [0.29, 0.717) is 13.2 Å². The number of hydrogen-bond acceptors (Lipinski definition) is 8. The van der Waals surface area contributed by atoms with E-state index >= 15 is 0 Å². The van der Waals surface area contributed by atoms with Crippen LogP contribution in [-0.2, 0) is 36.8 Å². The highest BCUT2D eigenvalue weighted by Crippen LogP contribution is 2.41. The summed E-state index contributed by atoms with van der Waals surface area (Å²) >= 11 is 0. The highest BCUT2D eigenvalue weighted by Gasteiger charge is 2.45. The average molecular weight is 835 g/mol. The first-order chi connectivity index (χ1) is 24.6. The quantitative estimate of drug-likeness (QED) is 0.0279. The van der Waals surface area contributed by atoms with Crippen LogP contribution in [0.15, 0.2) is 0 Å². The van der Waals surface area contributed by atoms with Crippen molar-refractivity contribution in [2.75, 3.05) is 20.3 Å². The lowest BCUT2D eigenvalue weighted by Gasteiger charge is -2.37. The van der Waals surface area contributed by atoms with E-state index in [4.69, 9.17) is 22.4 Å². The second-order valence-electron chi connectivity index (χ2n) is 18.8. The molecular formula is C44H94O8Si3. The summed E-state index contributed by atoms with van der Waals surface area (Å²) in [5.41, 5.74) is -1.97. The van der Waals surface area contributed by atoms with Gasteiger partial charge in [-0.3, -0.25) is 14.4 Å². The molecule has 0 aliphatic heterocycles. The summed E-state index contributed by atoms with van der Waals surface area (Å²) in [5.74, 6) is -1.63. The standard InChI is InChI=1S/C42H86O8Si3.2CH4/c1-14-15-16-17-18-19-20-21-22-23-24-25-26-27-28-29-33-48-39(44)41(3,4)36-42(5,40(45)46-6)35-37(2)38(43)47-32-30-31-34-52(10,11)50-53(12,13)49-51(7,8)9;;/h37H,14-36H2,1-13H3;2*1H4. The van der Waals surface area contributed by atoms with Crippen LogP contribution in [-0.4, -0.2) is 63.4 Å². The van der Waals surface area contributed by atoms with Crippen LogP contribution >= 0.6 is 0 Å². The fraction of sp³-hybridized carbons (Fsp3) is 0.932. The highest BCUT2D eigenvalue weighted by atomic mass is 28.5. The molecule has 11 heteroatoms. The first kappa shape index (κ1) is 58.3. The van der Waals surface area contributed by atoms with Gasteiger partial charge in [-0.1, -0.05) is 131 Å². The molecule has 0 aromatic carbocycles. The first-order valence-electron chi connectivity index (χ1n) is 21.4. The van der Waals surface area contributed by atoms with E-state index < -0.39 is 47.9 Å². The second-order valence-corrected chi connectivity index (χ2v) is 31.4. The summed E-state index contributed by atoms with van der Waals surface area (Å²) < 4.78 is 29.5. The van der Waals surface area contributed by atoms with Gasteiger partial charge in [0.1, 0.15) is 0 Å². The van der Waals surface area contributed by atoms with Crippen molar-refractivity contribution in [1.29, 1.82) is 0 Å². The van der Waals surface area contributed by atoms with Crippen molar-refractivity contribution in [3.63, 3.8) is 0 Å². The van der Waals surface area contributed by atoms with Crippen LogP contribution in [0.2, 0.25) is 51.9 Å². The zero-order chi connectivity index (χ0) is 40.6. The molecule has 0 aliphatic carbocycles. The van der Waals surface area contributed by atoms with Crippen molar-refractivity contribution in [2.24, 2.45) is 16.7 Å².